The van der Waals surface area contributed by atoms with Gasteiger partial charge in [-0.3, -0.25) is 0 Å². The maximum atomic E-state index is 11.7. The highest BCUT2D eigenvalue weighted by Gasteiger charge is 2.56. The Balaban J connectivity index is 1.42. The largest absolute Gasteiger partial charge is 0.391 e. The first-order valence-electron chi connectivity index (χ1n) is 14.2. The average Bonchev–Trinajstić information content (AvgIpc) is 3.05. The Kier molecular flexibility index (Phi) is 10.9. The van der Waals surface area contributed by atoms with Gasteiger partial charge in [0.1, 0.15) is 24.4 Å². The van der Waals surface area contributed by atoms with Crippen LogP contribution >= 0.6 is 0 Å². The average molecular weight is 571 g/mol. The molecule has 0 aliphatic carbocycles. The normalized spacial score (nSPS) is 24.0. The molecule has 1 fully saturated rings. The first-order chi connectivity index (χ1) is 20.6. The van der Waals surface area contributed by atoms with Gasteiger partial charge in [-0.1, -0.05) is 121 Å². The fourth-order valence-corrected chi connectivity index (χ4v) is 5.06. The molecular weight excluding hydrogens is 532 g/mol. The molecular formula is C35H38O7. The van der Waals surface area contributed by atoms with Gasteiger partial charge in [0.15, 0.2) is 0 Å². The molecule has 4 aromatic rings. The molecule has 2 N–H and O–H groups in total. The van der Waals surface area contributed by atoms with Gasteiger partial charge in [0.05, 0.1) is 39.6 Å². The van der Waals surface area contributed by atoms with Crippen molar-refractivity contribution in [3.63, 3.8) is 0 Å². The van der Waals surface area contributed by atoms with Gasteiger partial charge in [0.2, 0.25) is 5.79 Å². The summed E-state index contributed by atoms with van der Waals surface area (Å²) < 4.78 is 31.6. The second kappa shape index (κ2) is 15.2. The smallest absolute Gasteiger partial charge is 0.219 e. The molecule has 5 rings (SSSR count). The van der Waals surface area contributed by atoms with Crippen LogP contribution in [0.5, 0.6) is 0 Å². The third-order valence-electron chi connectivity index (χ3n) is 7.25. The van der Waals surface area contributed by atoms with Crippen molar-refractivity contribution in [1.82, 2.24) is 0 Å². The fourth-order valence-electron chi connectivity index (χ4n) is 5.06. The summed E-state index contributed by atoms with van der Waals surface area (Å²) >= 11 is 0. The van der Waals surface area contributed by atoms with Crippen LogP contribution < -0.4 is 0 Å². The summed E-state index contributed by atoms with van der Waals surface area (Å²) in [6.07, 6.45) is -3.30. The Hall–Kier alpha value is -3.40. The summed E-state index contributed by atoms with van der Waals surface area (Å²) in [6.45, 7) is 0.487. The highest BCUT2D eigenvalue weighted by molar-refractivity contribution is 5.16. The molecule has 220 valence electrons. The summed E-state index contributed by atoms with van der Waals surface area (Å²) in [7, 11) is 0. The molecule has 7 heteroatoms. The minimum absolute atomic E-state index is 0.104. The number of benzene rings is 4. The minimum atomic E-state index is -2.05. The predicted molar refractivity (Wildman–Crippen MR) is 158 cm³/mol. The lowest BCUT2D eigenvalue weighted by Crippen LogP contribution is -2.68. The Morgan fingerprint density at radius 3 is 1.40 bits per heavy atom. The molecule has 7 nitrogen and oxygen atoms in total. The van der Waals surface area contributed by atoms with Crippen molar-refractivity contribution in [2.45, 2.75) is 56.6 Å². The monoisotopic (exact) mass is 570 g/mol. The molecule has 1 aliphatic rings. The van der Waals surface area contributed by atoms with E-state index in [4.69, 9.17) is 23.7 Å². The number of hydrogen-bond donors (Lipinski definition) is 2. The lowest BCUT2D eigenvalue weighted by Gasteiger charge is -2.49. The van der Waals surface area contributed by atoms with E-state index >= 15 is 0 Å². The topological polar surface area (TPSA) is 86.6 Å². The van der Waals surface area contributed by atoms with Crippen LogP contribution in [0.3, 0.4) is 0 Å². The van der Waals surface area contributed by atoms with E-state index in [1.165, 1.54) is 0 Å². The van der Waals surface area contributed by atoms with Crippen molar-refractivity contribution in [3.05, 3.63) is 144 Å². The Morgan fingerprint density at radius 2 is 0.952 bits per heavy atom. The zero-order chi connectivity index (χ0) is 29.0. The molecule has 0 spiro atoms. The molecule has 0 unspecified atom stereocenters. The van der Waals surface area contributed by atoms with Crippen molar-refractivity contribution in [1.29, 1.82) is 0 Å². The molecule has 0 aromatic heterocycles. The molecule has 4 aromatic carbocycles. The van der Waals surface area contributed by atoms with E-state index in [0.717, 1.165) is 22.3 Å². The van der Waals surface area contributed by atoms with Crippen LogP contribution in [0.4, 0.5) is 0 Å². The van der Waals surface area contributed by atoms with E-state index in [2.05, 4.69) is 0 Å². The number of ether oxygens (including phenoxy) is 5. The third-order valence-corrected chi connectivity index (χ3v) is 7.25. The first kappa shape index (κ1) is 30.1. The maximum Gasteiger partial charge on any atom is 0.219 e. The second-order valence-electron chi connectivity index (χ2n) is 10.4. The number of aliphatic hydroxyl groups is 2. The van der Waals surface area contributed by atoms with Gasteiger partial charge in [0, 0.05) is 0 Å². The standard InChI is InChI=1S/C35H38O7/c36-26-35(37)34(41-24-30-19-11-4-12-20-30)33(40-23-29-17-9-3-10-18-29)32(39-22-28-15-7-2-8-16-28)31(42-35)25-38-21-27-13-5-1-6-14-27/h1-20,31-34,36-37H,21-26H2/t31-,32+,33+,34-,35+/m1/s1. The van der Waals surface area contributed by atoms with Crippen molar-refractivity contribution in [2.75, 3.05) is 13.2 Å². The molecule has 5 atom stereocenters. The van der Waals surface area contributed by atoms with Gasteiger partial charge in [-0.05, 0) is 22.3 Å². The van der Waals surface area contributed by atoms with Gasteiger partial charge in [-0.2, -0.15) is 0 Å². The van der Waals surface area contributed by atoms with Crippen LogP contribution in [-0.2, 0) is 50.1 Å². The third kappa shape index (κ3) is 8.12. The summed E-state index contributed by atoms with van der Waals surface area (Å²) in [5, 5.41) is 22.1. The summed E-state index contributed by atoms with van der Waals surface area (Å²) in [6, 6.07) is 39.1. The second-order valence-corrected chi connectivity index (χ2v) is 10.4. The van der Waals surface area contributed by atoms with E-state index in [1.807, 2.05) is 121 Å². The molecule has 0 radical (unpaired) electrons. The Labute approximate surface area is 247 Å². The van der Waals surface area contributed by atoms with E-state index in [-0.39, 0.29) is 26.4 Å². The predicted octanol–water partition coefficient (Wildman–Crippen LogP) is 5.04. The molecule has 0 saturated carbocycles. The molecule has 0 amide bonds. The van der Waals surface area contributed by atoms with Crippen LogP contribution in [0.25, 0.3) is 0 Å². The van der Waals surface area contributed by atoms with E-state index in [9.17, 15) is 10.2 Å². The lowest BCUT2D eigenvalue weighted by atomic mass is 9.91. The highest BCUT2D eigenvalue weighted by atomic mass is 16.7. The van der Waals surface area contributed by atoms with Crippen molar-refractivity contribution in [2.24, 2.45) is 0 Å². The Bertz CT molecular complexity index is 1310. The number of hydrogen-bond acceptors (Lipinski definition) is 7. The van der Waals surface area contributed by atoms with Crippen LogP contribution in [-0.4, -0.2) is 53.6 Å². The highest BCUT2D eigenvalue weighted by Crippen LogP contribution is 2.35. The quantitative estimate of drug-likeness (QED) is 0.220. The molecule has 1 heterocycles. The fraction of sp³-hybridized carbons (Fsp3) is 0.314. The van der Waals surface area contributed by atoms with Gasteiger partial charge in [-0.25, -0.2) is 0 Å². The first-order valence-corrected chi connectivity index (χ1v) is 14.2. The zero-order valence-corrected chi connectivity index (χ0v) is 23.5. The zero-order valence-electron chi connectivity index (χ0n) is 23.5. The van der Waals surface area contributed by atoms with Gasteiger partial charge >= 0.3 is 0 Å². The van der Waals surface area contributed by atoms with Crippen LogP contribution in [0, 0.1) is 0 Å². The maximum absolute atomic E-state index is 11.7. The van der Waals surface area contributed by atoms with E-state index < -0.39 is 36.8 Å². The summed E-state index contributed by atoms with van der Waals surface area (Å²) in [5.41, 5.74) is 3.85. The van der Waals surface area contributed by atoms with E-state index in [1.54, 1.807) is 0 Å². The number of rotatable bonds is 14. The van der Waals surface area contributed by atoms with E-state index in [0.29, 0.717) is 6.61 Å². The summed E-state index contributed by atoms with van der Waals surface area (Å²) in [5.74, 6) is -2.05. The molecule has 1 saturated heterocycles. The molecule has 0 bridgehead atoms. The summed E-state index contributed by atoms with van der Waals surface area (Å²) in [4.78, 5) is 0. The molecule has 42 heavy (non-hydrogen) atoms. The van der Waals surface area contributed by atoms with Crippen molar-refractivity contribution in [3.8, 4) is 0 Å². The SMILES string of the molecule is OC[C@]1(O)O[C@H](COCc2ccccc2)[C@H](OCc2ccccc2)[C@H](OCc2ccccc2)[C@H]1OCc1ccccc1. The van der Waals surface area contributed by atoms with Crippen molar-refractivity contribution < 1.29 is 33.9 Å². The van der Waals surface area contributed by atoms with Crippen molar-refractivity contribution >= 4 is 0 Å². The molecule has 1 aliphatic heterocycles. The van der Waals surface area contributed by atoms with Gasteiger partial charge in [0.25, 0.3) is 0 Å². The number of aliphatic hydroxyl groups excluding tert-OH is 1. The minimum Gasteiger partial charge on any atom is -0.391 e. The lowest BCUT2D eigenvalue weighted by molar-refractivity contribution is -0.377. The van der Waals surface area contributed by atoms with Gasteiger partial charge < -0.3 is 33.9 Å². The van der Waals surface area contributed by atoms with Crippen LogP contribution in [0.15, 0.2) is 121 Å². The van der Waals surface area contributed by atoms with Gasteiger partial charge in [-0.15, -0.1) is 0 Å². The van der Waals surface area contributed by atoms with Crippen LogP contribution in [0.1, 0.15) is 22.3 Å². The Morgan fingerprint density at radius 1 is 0.548 bits per heavy atom. The van der Waals surface area contributed by atoms with Crippen LogP contribution in [0.2, 0.25) is 0 Å².